The molecule has 0 aliphatic carbocycles. The minimum absolute atomic E-state index is 0.136. The second kappa shape index (κ2) is 11.7. The van der Waals surface area contributed by atoms with Crippen molar-refractivity contribution in [2.24, 2.45) is 0 Å². The number of amides is 2. The van der Waals surface area contributed by atoms with Crippen LogP contribution in [0.4, 0.5) is 0 Å². The second-order valence-corrected chi connectivity index (χ2v) is 9.72. The van der Waals surface area contributed by atoms with E-state index in [9.17, 15) is 18.0 Å². The Kier molecular flexibility index (Phi) is 9.24. The maximum Gasteiger partial charge on any atom is 0.242 e. The third-order valence-electron chi connectivity index (χ3n) is 5.23. The fourth-order valence-electron chi connectivity index (χ4n) is 2.99. The van der Waals surface area contributed by atoms with Gasteiger partial charge >= 0.3 is 0 Å². The molecule has 0 saturated carbocycles. The molecule has 0 aromatic heterocycles. The first-order valence-corrected chi connectivity index (χ1v) is 12.1. The molecule has 10 heteroatoms. The quantitative estimate of drug-likeness (QED) is 0.527. The van der Waals surface area contributed by atoms with Gasteiger partial charge in [0.2, 0.25) is 21.8 Å². The zero-order valence-electron chi connectivity index (χ0n) is 19.6. The predicted octanol–water partition coefficient (Wildman–Crippen LogP) is 1.63. The minimum atomic E-state index is -3.55. The number of hydrogen-bond acceptors (Lipinski definition) is 6. The molecule has 33 heavy (non-hydrogen) atoms. The molecule has 0 bridgehead atoms. The summed E-state index contributed by atoms with van der Waals surface area (Å²) in [7, 11) is 0.908. The number of nitrogens with one attached hydrogen (secondary N) is 1. The molecule has 0 radical (unpaired) electrons. The van der Waals surface area contributed by atoms with Crippen LogP contribution in [0.15, 0.2) is 48.5 Å². The summed E-state index contributed by atoms with van der Waals surface area (Å²) in [5.41, 5.74) is 1.65. The van der Waals surface area contributed by atoms with Gasteiger partial charge in [0, 0.05) is 20.1 Å². The minimum Gasteiger partial charge on any atom is -0.497 e. The Morgan fingerprint density at radius 2 is 1.42 bits per heavy atom. The van der Waals surface area contributed by atoms with Gasteiger partial charge in [-0.3, -0.25) is 9.59 Å². The maximum atomic E-state index is 13.0. The van der Waals surface area contributed by atoms with E-state index in [1.807, 2.05) is 12.1 Å². The van der Waals surface area contributed by atoms with E-state index in [4.69, 9.17) is 9.47 Å². The van der Waals surface area contributed by atoms with E-state index in [-0.39, 0.29) is 25.5 Å². The zero-order valence-corrected chi connectivity index (χ0v) is 20.4. The van der Waals surface area contributed by atoms with E-state index in [1.165, 1.54) is 11.9 Å². The molecule has 9 nitrogen and oxygen atoms in total. The lowest BCUT2D eigenvalue weighted by molar-refractivity contribution is -0.140. The Hall–Kier alpha value is -3.11. The van der Waals surface area contributed by atoms with Crippen LogP contribution < -0.4 is 14.8 Å². The van der Waals surface area contributed by atoms with Crippen molar-refractivity contribution in [1.82, 2.24) is 14.5 Å². The molecule has 1 N–H and O–H groups in total. The van der Waals surface area contributed by atoms with Crippen LogP contribution in [0.5, 0.6) is 11.5 Å². The molecule has 0 fully saturated rings. The molecule has 0 aliphatic heterocycles. The highest BCUT2D eigenvalue weighted by Gasteiger charge is 2.28. The average Bonchev–Trinajstić information content (AvgIpc) is 2.80. The van der Waals surface area contributed by atoms with Gasteiger partial charge in [-0.15, -0.1) is 0 Å². The standard InChI is InChI=1S/C23H31N3O6S/c1-17(23(28)24-14-18-6-10-20(31-3)11-7-18)26(22(27)16-25(2)33(5,29)30)15-19-8-12-21(32-4)13-9-19/h6-13,17H,14-16H2,1-5H3,(H,24,28). The molecule has 0 spiro atoms. The molecule has 0 aliphatic rings. The van der Waals surface area contributed by atoms with Gasteiger partial charge in [-0.05, 0) is 42.3 Å². The lowest BCUT2D eigenvalue weighted by Crippen LogP contribution is -2.50. The second-order valence-electron chi connectivity index (χ2n) is 7.63. The summed E-state index contributed by atoms with van der Waals surface area (Å²) in [6.07, 6.45) is 1.03. The molecule has 1 atom stereocenters. The van der Waals surface area contributed by atoms with Gasteiger partial charge in [0.15, 0.2) is 0 Å². The highest BCUT2D eigenvalue weighted by molar-refractivity contribution is 7.88. The van der Waals surface area contributed by atoms with Crippen LogP contribution in [-0.2, 0) is 32.7 Å². The van der Waals surface area contributed by atoms with Crippen molar-refractivity contribution in [3.63, 3.8) is 0 Å². The summed E-state index contributed by atoms with van der Waals surface area (Å²) < 4.78 is 34.8. The largest absolute Gasteiger partial charge is 0.497 e. The average molecular weight is 478 g/mol. The molecule has 0 saturated heterocycles. The number of carbonyl (C=O) groups excluding carboxylic acids is 2. The number of sulfonamides is 1. The van der Waals surface area contributed by atoms with Gasteiger partial charge in [0.05, 0.1) is 27.0 Å². The van der Waals surface area contributed by atoms with Crippen molar-refractivity contribution in [3.05, 3.63) is 59.7 Å². The highest BCUT2D eigenvalue weighted by Crippen LogP contribution is 2.16. The number of benzene rings is 2. The molecule has 2 aromatic carbocycles. The maximum absolute atomic E-state index is 13.0. The summed E-state index contributed by atoms with van der Waals surface area (Å²) in [5.74, 6) is 0.545. The van der Waals surface area contributed by atoms with Gasteiger partial charge in [-0.1, -0.05) is 24.3 Å². The molecule has 2 amide bonds. The molecule has 2 rings (SSSR count). The topological polar surface area (TPSA) is 105 Å². The summed E-state index contributed by atoms with van der Waals surface area (Å²) in [6, 6.07) is 13.5. The number of ether oxygens (including phenoxy) is 2. The Balaban J connectivity index is 2.16. The Bertz CT molecular complexity index is 1040. The number of rotatable bonds is 11. The van der Waals surface area contributed by atoms with Crippen LogP contribution >= 0.6 is 0 Å². The molecular formula is C23H31N3O6S. The zero-order chi connectivity index (χ0) is 24.6. The smallest absolute Gasteiger partial charge is 0.242 e. The molecular weight excluding hydrogens is 446 g/mol. The number of methoxy groups -OCH3 is 2. The summed E-state index contributed by atoms with van der Waals surface area (Å²) in [4.78, 5) is 27.3. The van der Waals surface area contributed by atoms with Crippen LogP contribution in [0.3, 0.4) is 0 Å². The lowest BCUT2D eigenvalue weighted by Gasteiger charge is -2.30. The Morgan fingerprint density at radius 1 is 0.939 bits per heavy atom. The van der Waals surface area contributed by atoms with Crippen molar-refractivity contribution >= 4 is 21.8 Å². The SMILES string of the molecule is COc1ccc(CNC(=O)C(C)N(Cc2ccc(OC)cc2)C(=O)CN(C)S(C)(=O)=O)cc1. The number of carbonyl (C=O) groups is 2. The van der Waals surface area contributed by atoms with Crippen LogP contribution in [-0.4, -0.2) is 69.5 Å². The third-order valence-corrected chi connectivity index (χ3v) is 6.49. The Morgan fingerprint density at radius 3 is 1.88 bits per heavy atom. The number of hydrogen-bond donors (Lipinski definition) is 1. The van der Waals surface area contributed by atoms with Gasteiger partial charge in [0.25, 0.3) is 0 Å². The fraction of sp³-hybridized carbons (Fsp3) is 0.391. The van der Waals surface area contributed by atoms with Crippen molar-refractivity contribution in [2.45, 2.75) is 26.1 Å². The van der Waals surface area contributed by atoms with Gasteiger partial charge in [0.1, 0.15) is 17.5 Å². The van der Waals surface area contributed by atoms with Crippen LogP contribution in [0, 0.1) is 0 Å². The summed E-state index contributed by atoms with van der Waals surface area (Å²) in [6.45, 7) is 1.66. The van der Waals surface area contributed by atoms with Crippen molar-refractivity contribution in [1.29, 1.82) is 0 Å². The van der Waals surface area contributed by atoms with Crippen LogP contribution in [0.2, 0.25) is 0 Å². The third kappa shape index (κ3) is 7.76. The first kappa shape index (κ1) is 26.1. The summed E-state index contributed by atoms with van der Waals surface area (Å²) in [5, 5.41) is 2.83. The van der Waals surface area contributed by atoms with Crippen molar-refractivity contribution in [3.8, 4) is 11.5 Å². The van der Waals surface area contributed by atoms with Crippen LogP contribution in [0.25, 0.3) is 0 Å². The number of nitrogens with zero attached hydrogens (tertiary/aromatic N) is 2. The molecule has 1 unspecified atom stereocenters. The molecule has 0 heterocycles. The predicted molar refractivity (Wildman–Crippen MR) is 125 cm³/mol. The summed E-state index contributed by atoms with van der Waals surface area (Å²) >= 11 is 0. The highest BCUT2D eigenvalue weighted by atomic mass is 32.2. The van der Waals surface area contributed by atoms with Gasteiger partial charge < -0.3 is 19.7 Å². The monoisotopic (exact) mass is 477 g/mol. The molecule has 180 valence electrons. The first-order valence-electron chi connectivity index (χ1n) is 10.3. The van der Waals surface area contributed by atoms with E-state index in [1.54, 1.807) is 57.5 Å². The van der Waals surface area contributed by atoms with E-state index in [2.05, 4.69) is 5.32 Å². The molecule has 2 aromatic rings. The van der Waals surface area contributed by atoms with Gasteiger partial charge in [-0.25, -0.2) is 8.42 Å². The number of likely N-dealkylation sites (N-methyl/N-ethyl adjacent to an activating group) is 1. The van der Waals surface area contributed by atoms with E-state index >= 15 is 0 Å². The van der Waals surface area contributed by atoms with E-state index in [0.29, 0.717) is 11.5 Å². The van der Waals surface area contributed by atoms with Gasteiger partial charge in [-0.2, -0.15) is 4.31 Å². The van der Waals surface area contributed by atoms with Crippen LogP contribution in [0.1, 0.15) is 18.1 Å². The van der Waals surface area contributed by atoms with E-state index in [0.717, 1.165) is 21.7 Å². The lowest BCUT2D eigenvalue weighted by atomic mass is 10.1. The van der Waals surface area contributed by atoms with Crippen molar-refractivity contribution in [2.75, 3.05) is 34.1 Å². The fourth-order valence-corrected chi connectivity index (χ4v) is 3.33. The van der Waals surface area contributed by atoms with E-state index < -0.39 is 22.0 Å². The Labute approximate surface area is 195 Å². The normalized spacial score (nSPS) is 12.2. The van der Waals surface area contributed by atoms with Crippen molar-refractivity contribution < 1.29 is 27.5 Å². The first-order chi connectivity index (χ1) is 15.5.